The van der Waals surface area contributed by atoms with E-state index in [1.807, 2.05) is 17.5 Å². The summed E-state index contributed by atoms with van der Waals surface area (Å²) in [5.74, 6) is 1.29. The maximum atomic E-state index is 13.9. The first-order valence-electron chi connectivity index (χ1n) is 7.28. The summed E-state index contributed by atoms with van der Waals surface area (Å²) in [6, 6.07) is 9.59. The van der Waals surface area contributed by atoms with Gasteiger partial charge in [-0.3, -0.25) is 4.57 Å². The predicted octanol–water partition coefficient (Wildman–Crippen LogP) is 5.54. The third-order valence-corrected chi connectivity index (χ3v) is 6.03. The molecular formula is C16H13BrFN3S2. The Balaban J connectivity index is 1.61. The summed E-state index contributed by atoms with van der Waals surface area (Å²) in [5.41, 5.74) is 0.674. The van der Waals surface area contributed by atoms with E-state index in [-0.39, 0.29) is 5.82 Å². The van der Waals surface area contributed by atoms with Crippen molar-refractivity contribution in [3.63, 3.8) is 0 Å². The average Bonchev–Trinajstić information content (AvgIpc) is 3.08. The Morgan fingerprint density at radius 1 is 1.30 bits per heavy atom. The lowest BCUT2D eigenvalue weighted by Gasteiger charge is -2.08. The first kappa shape index (κ1) is 15.4. The zero-order chi connectivity index (χ0) is 15.8. The molecule has 0 amide bonds. The lowest BCUT2D eigenvalue weighted by molar-refractivity contribution is 0.616. The molecule has 2 aromatic heterocycles. The van der Waals surface area contributed by atoms with Crippen LogP contribution in [0.3, 0.4) is 0 Å². The van der Waals surface area contributed by atoms with Crippen molar-refractivity contribution in [2.24, 2.45) is 0 Å². The standard InChI is InChI=1S/C16H13BrFN3S2/c17-11-3-6-13(18)10(8-11)9-23-16-20-19-15(14-2-1-7-22-14)21(16)12-4-5-12/h1-3,6-8,12H,4-5,9H2. The quantitative estimate of drug-likeness (QED) is 0.518. The lowest BCUT2D eigenvalue weighted by atomic mass is 10.2. The van der Waals surface area contributed by atoms with Crippen LogP contribution in [0.2, 0.25) is 0 Å². The Hall–Kier alpha value is -1.18. The molecule has 1 aliphatic carbocycles. The van der Waals surface area contributed by atoms with Crippen LogP contribution in [0.1, 0.15) is 24.4 Å². The van der Waals surface area contributed by atoms with E-state index in [2.05, 4.69) is 36.8 Å². The van der Waals surface area contributed by atoms with Crippen LogP contribution < -0.4 is 0 Å². The van der Waals surface area contributed by atoms with Crippen molar-refractivity contribution in [3.8, 4) is 10.7 Å². The second-order valence-corrected chi connectivity index (χ2v) is 8.21. The number of hydrogen-bond donors (Lipinski definition) is 0. The van der Waals surface area contributed by atoms with Gasteiger partial charge < -0.3 is 0 Å². The molecule has 7 heteroatoms. The Morgan fingerprint density at radius 3 is 2.91 bits per heavy atom. The minimum Gasteiger partial charge on any atom is -0.298 e. The van der Waals surface area contributed by atoms with E-state index in [0.717, 1.165) is 33.2 Å². The van der Waals surface area contributed by atoms with E-state index >= 15 is 0 Å². The topological polar surface area (TPSA) is 30.7 Å². The van der Waals surface area contributed by atoms with Crippen molar-refractivity contribution < 1.29 is 4.39 Å². The maximum absolute atomic E-state index is 13.9. The molecule has 0 radical (unpaired) electrons. The van der Waals surface area contributed by atoms with Gasteiger partial charge in [-0.25, -0.2) is 4.39 Å². The van der Waals surface area contributed by atoms with Crippen molar-refractivity contribution >= 4 is 39.0 Å². The van der Waals surface area contributed by atoms with Gasteiger partial charge in [-0.15, -0.1) is 21.5 Å². The van der Waals surface area contributed by atoms with Gasteiger partial charge in [0, 0.05) is 16.3 Å². The normalized spacial score (nSPS) is 14.3. The molecule has 1 saturated carbocycles. The van der Waals surface area contributed by atoms with Gasteiger partial charge in [0.25, 0.3) is 0 Å². The molecule has 0 aliphatic heterocycles. The molecule has 118 valence electrons. The second kappa shape index (κ2) is 6.37. The lowest BCUT2D eigenvalue weighted by Crippen LogP contribution is -1.99. The molecule has 0 unspecified atom stereocenters. The van der Waals surface area contributed by atoms with E-state index in [9.17, 15) is 4.39 Å². The van der Waals surface area contributed by atoms with E-state index in [1.54, 1.807) is 29.2 Å². The number of nitrogens with zero attached hydrogens (tertiary/aromatic N) is 3. The SMILES string of the molecule is Fc1ccc(Br)cc1CSc1nnc(-c2cccs2)n1C1CC1. The van der Waals surface area contributed by atoms with Crippen molar-refractivity contribution in [2.45, 2.75) is 29.8 Å². The summed E-state index contributed by atoms with van der Waals surface area (Å²) in [6.07, 6.45) is 2.32. The number of rotatable bonds is 5. The van der Waals surface area contributed by atoms with Crippen molar-refractivity contribution in [3.05, 3.63) is 51.6 Å². The molecule has 0 atom stereocenters. The smallest absolute Gasteiger partial charge is 0.192 e. The van der Waals surface area contributed by atoms with Gasteiger partial charge in [0.05, 0.1) is 4.88 Å². The number of thioether (sulfide) groups is 1. The van der Waals surface area contributed by atoms with Gasteiger partial charge in [-0.05, 0) is 48.1 Å². The Morgan fingerprint density at radius 2 is 2.17 bits per heavy atom. The highest BCUT2D eigenvalue weighted by Crippen LogP contribution is 2.42. The minimum atomic E-state index is -0.184. The summed E-state index contributed by atoms with van der Waals surface area (Å²) in [4.78, 5) is 1.13. The fraction of sp³-hybridized carbons (Fsp3) is 0.250. The third kappa shape index (κ3) is 3.22. The van der Waals surface area contributed by atoms with Gasteiger partial charge in [0.1, 0.15) is 5.82 Å². The van der Waals surface area contributed by atoms with Crippen LogP contribution in [0, 0.1) is 5.82 Å². The Labute approximate surface area is 150 Å². The van der Waals surface area contributed by atoms with Crippen LogP contribution in [0.25, 0.3) is 10.7 Å². The number of thiophene rings is 1. The number of halogens is 2. The zero-order valence-corrected chi connectivity index (χ0v) is 15.3. The molecular weight excluding hydrogens is 397 g/mol. The highest BCUT2D eigenvalue weighted by molar-refractivity contribution is 9.10. The fourth-order valence-corrected chi connectivity index (χ4v) is 4.50. The van der Waals surface area contributed by atoms with E-state index in [4.69, 9.17) is 0 Å². The second-order valence-electron chi connectivity index (χ2n) is 5.41. The molecule has 3 nitrogen and oxygen atoms in total. The summed E-state index contributed by atoms with van der Waals surface area (Å²) < 4.78 is 17.0. The van der Waals surface area contributed by atoms with Crippen LogP contribution in [0.4, 0.5) is 4.39 Å². The molecule has 0 bridgehead atoms. The van der Waals surface area contributed by atoms with E-state index in [0.29, 0.717) is 17.4 Å². The molecule has 1 fully saturated rings. The van der Waals surface area contributed by atoms with Gasteiger partial charge in [0.15, 0.2) is 11.0 Å². The van der Waals surface area contributed by atoms with Crippen LogP contribution >= 0.6 is 39.0 Å². The molecule has 23 heavy (non-hydrogen) atoms. The van der Waals surface area contributed by atoms with Crippen LogP contribution in [0.15, 0.2) is 45.3 Å². The highest BCUT2D eigenvalue weighted by atomic mass is 79.9. The molecule has 0 saturated heterocycles. The van der Waals surface area contributed by atoms with Crippen LogP contribution in [-0.2, 0) is 5.75 Å². The first-order valence-corrected chi connectivity index (χ1v) is 9.93. The minimum absolute atomic E-state index is 0.184. The predicted molar refractivity (Wildman–Crippen MR) is 95.3 cm³/mol. The molecule has 3 aromatic rings. The Bertz CT molecular complexity index is 828. The molecule has 0 N–H and O–H groups in total. The maximum Gasteiger partial charge on any atom is 0.192 e. The van der Waals surface area contributed by atoms with Gasteiger partial charge in [-0.1, -0.05) is 33.8 Å². The number of benzene rings is 1. The summed E-state index contributed by atoms with van der Waals surface area (Å²) in [6.45, 7) is 0. The first-order chi connectivity index (χ1) is 11.2. The summed E-state index contributed by atoms with van der Waals surface area (Å²) in [7, 11) is 0. The number of hydrogen-bond acceptors (Lipinski definition) is 4. The van der Waals surface area contributed by atoms with E-state index < -0.39 is 0 Å². The van der Waals surface area contributed by atoms with Gasteiger partial charge in [-0.2, -0.15) is 0 Å². The number of aromatic nitrogens is 3. The van der Waals surface area contributed by atoms with Gasteiger partial charge >= 0.3 is 0 Å². The summed E-state index contributed by atoms with van der Waals surface area (Å²) in [5, 5.41) is 11.6. The average molecular weight is 410 g/mol. The van der Waals surface area contributed by atoms with Crippen LogP contribution in [-0.4, -0.2) is 14.8 Å². The molecule has 1 aromatic carbocycles. The molecule has 2 heterocycles. The fourth-order valence-electron chi connectivity index (χ4n) is 2.41. The van der Waals surface area contributed by atoms with Crippen molar-refractivity contribution in [1.82, 2.24) is 14.8 Å². The molecule has 4 rings (SSSR count). The molecule has 1 aliphatic rings. The van der Waals surface area contributed by atoms with E-state index in [1.165, 1.54) is 6.07 Å². The third-order valence-electron chi connectivity index (χ3n) is 3.68. The zero-order valence-electron chi connectivity index (χ0n) is 12.1. The largest absolute Gasteiger partial charge is 0.298 e. The highest BCUT2D eigenvalue weighted by Gasteiger charge is 2.30. The monoisotopic (exact) mass is 409 g/mol. The van der Waals surface area contributed by atoms with Crippen molar-refractivity contribution in [2.75, 3.05) is 0 Å². The summed E-state index contributed by atoms with van der Waals surface area (Å²) >= 11 is 6.60. The van der Waals surface area contributed by atoms with Crippen LogP contribution in [0.5, 0.6) is 0 Å². The Kier molecular flexibility index (Phi) is 4.26. The van der Waals surface area contributed by atoms with Gasteiger partial charge in [0.2, 0.25) is 0 Å². The molecule has 0 spiro atoms. The van der Waals surface area contributed by atoms with Crippen molar-refractivity contribution in [1.29, 1.82) is 0 Å².